The molecule has 2 heteroatoms. The van der Waals surface area contributed by atoms with E-state index in [9.17, 15) is 0 Å². The molecule has 0 heterocycles. The maximum absolute atomic E-state index is 8.57. The van der Waals surface area contributed by atoms with Crippen molar-refractivity contribution in [2.24, 2.45) is 5.92 Å². The van der Waals surface area contributed by atoms with Crippen molar-refractivity contribution in [1.82, 2.24) is 0 Å². The average molecular weight is 254 g/mol. The van der Waals surface area contributed by atoms with Crippen LogP contribution in [0.5, 0.6) is 0 Å². The normalized spacial score (nSPS) is 21.0. The molecule has 1 aliphatic rings. The molecule has 9 heavy (non-hydrogen) atoms. The van der Waals surface area contributed by atoms with Crippen molar-refractivity contribution < 1.29 is 46.4 Å². The standard InChI is InChI=1S/C7H13O.Pr/c8-6-7-4-2-1-3-5-7;/h6-8H,1-5H2;/q-1;. The maximum atomic E-state index is 8.57. The molecule has 0 saturated heterocycles. The third kappa shape index (κ3) is 3.90. The minimum absolute atomic E-state index is 0. The van der Waals surface area contributed by atoms with Crippen LogP contribution >= 0.6 is 0 Å². The Morgan fingerprint density at radius 1 is 1.11 bits per heavy atom. The molecule has 1 N–H and O–H groups in total. The van der Waals surface area contributed by atoms with Crippen LogP contribution in [0.25, 0.3) is 0 Å². The van der Waals surface area contributed by atoms with E-state index in [1.165, 1.54) is 38.7 Å². The van der Waals surface area contributed by atoms with E-state index in [2.05, 4.69) is 0 Å². The number of rotatable bonds is 1. The van der Waals surface area contributed by atoms with E-state index in [1.54, 1.807) is 0 Å². The third-order valence-corrected chi connectivity index (χ3v) is 1.86. The van der Waals surface area contributed by atoms with Gasteiger partial charge >= 0.3 is 0 Å². The summed E-state index contributed by atoms with van der Waals surface area (Å²) in [5.74, 6) is 0.517. The minimum atomic E-state index is 0. The van der Waals surface area contributed by atoms with Gasteiger partial charge in [0, 0.05) is 41.3 Å². The predicted octanol–water partition coefficient (Wildman–Crippen LogP) is 2.10. The summed E-state index contributed by atoms with van der Waals surface area (Å²) in [5.41, 5.74) is 0. The average Bonchev–Trinajstić information content (AvgIpc) is 1.90. The molecule has 0 aliphatic heterocycles. The molecule has 0 spiro atoms. The SMILES string of the molecule is O[CH-]C1CCCCC1.[Pr]. The van der Waals surface area contributed by atoms with Gasteiger partial charge in [0.25, 0.3) is 0 Å². The number of hydrogen-bond donors (Lipinski definition) is 1. The summed E-state index contributed by atoms with van der Waals surface area (Å²) in [7, 11) is 0. The van der Waals surface area contributed by atoms with Crippen molar-refractivity contribution in [2.75, 3.05) is 0 Å². The Hall–Kier alpha value is 1.32. The molecule has 0 bridgehead atoms. The molecule has 0 atom stereocenters. The van der Waals surface area contributed by atoms with Crippen LogP contribution in [-0.2, 0) is 0 Å². The van der Waals surface area contributed by atoms with Gasteiger partial charge in [0.15, 0.2) is 0 Å². The molecule has 0 aromatic carbocycles. The molecule has 51 valence electrons. The quantitative estimate of drug-likeness (QED) is 0.710. The summed E-state index contributed by atoms with van der Waals surface area (Å²) in [4.78, 5) is 0. The van der Waals surface area contributed by atoms with Gasteiger partial charge in [-0.3, -0.25) is 0 Å². The summed E-state index contributed by atoms with van der Waals surface area (Å²) in [6, 6.07) is 0. The predicted molar refractivity (Wildman–Crippen MR) is 32.8 cm³/mol. The second-order valence-corrected chi connectivity index (χ2v) is 2.55. The fourth-order valence-corrected chi connectivity index (χ4v) is 1.28. The largest absolute Gasteiger partial charge is 0.566 e. The maximum Gasteiger partial charge on any atom is 0 e. The summed E-state index contributed by atoms with van der Waals surface area (Å²) in [6.45, 7) is 1.36. The van der Waals surface area contributed by atoms with Gasteiger partial charge in [-0.25, -0.2) is 6.61 Å². The van der Waals surface area contributed by atoms with Crippen molar-refractivity contribution >= 4 is 0 Å². The molecule has 0 amide bonds. The Morgan fingerprint density at radius 2 is 1.67 bits per heavy atom. The second-order valence-electron chi connectivity index (χ2n) is 2.55. The fourth-order valence-electron chi connectivity index (χ4n) is 1.28. The zero-order chi connectivity index (χ0) is 5.82. The van der Waals surface area contributed by atoms with E-state index in [-0.39, 0.29) is 41.3 Å². The number of aliphatic hydroxyl groups excluding tert-OH is 1. The van der Waals surface area contributed by atoms with Crippen molar-refractivity contribution in [2.45, 2.75) is 32.1 Å². The molecule has 1 radical (unpaired) electrons. The van der Waals surface area contributed by atoms with Gasteiger partial charge in [-0.2, -0.15) is 0 Å². The first-order chi connectivity index (χ1) is 3.93. The fraction of sp³-hybridized carbons (Fsp3) is 0.857. The van der Waals surface area contributed by atoms with Gasteiger partial charge in [-0.1, -0.05) is 32.1 Å². The van der Waals surface area contributed by atoms with E-state index in [0.29, 0.717) is 5.92 Å². The zero-order valence-electron chi connectivity index (χ0n) is 5.71. The van der Waals surface area contributed by atoms with Gasteiger partial charge in [0.05, 0.1) is 0 Å². The van der Waals surface area contributed by atoms with E-state index >= 15 is 0 Å². The van der Waals surface area contributed by atoms with E-state index in [4.69, 9.17) is 5.11 Å². The molecule has 1 rings (SSSR count). The van der Waals surface area contributed by atoms with Crippen LogP contribution in [0.1, 0.15) is 32.1 Å². The zero-order valence-corrected chi connectivity index (χ0v) is 9.42. The molecule has 1 saturated carbocycles. The van der Waals surface area contributed by atoms with E-state index in [0.717, 1.165) is 0 Å². The Kier molecular flexibility index (Phi) is 6.95. The van der Waals surface area contributed by atoms with E-state index < -0.39 is 0 Å². The van der Waals surface area contributed by atoms with Crippen LogP contribution in [0.4, 0.5) is 0 Å². The Bertz CT molecular complexity index is 59.9. The summed E-state index contributed by atoms with van der Waals surface area (Å²) in [5, 5.41) is 8.57. The second kappa shape index (κ2) is 6.06. The van der Waals surface area contributed by atoms with Crippen molar-refractivity contribution in [3.05, 3.63) is 6.61 Å². The minimum Gasteiger partial charge on any atom is -0.566 e. The summed E-state index contributed by atoms with van der Waals surface area (Å²) < 4.78 is 0. The molecule has 1 fully saturated rings. The Labute approximate surface area is 90.2 Å². The Balaban J connectivity index is 0.000000640. The van der Waals surface area contributed by atoms with Crippen LogP contribution in [0, 0.1) is 53.8 Å². The van der Waals surface area contributed by atoms with Crippen LogP contribution in [0.2, 0.25) is 0 Å². The first-order valence-corrected chi connectivity index (χ1v) is 3.41. The molecule has 0 aromatic heterocycles. The molecule has 1 aliphatic carbocycles. The van der Waals surface area contributed by atoms with Crippen molar-refractivity contribution in [1.29, 1.82) is 0 Å². The molecular formula is C7H13OPr-. The number of hydrogen-bond acceptors (Lipinski definition) is 1. The molecule has 1 nitrogen and oxygen atoms in total. The van der Waals surface area contributed by atoms with Crippen molar-refractivity contribution in [3.8, 4) is 0 Å². The van der Waals surface area contributed by atoms with Crippen LogP contribution in [-0.4, -0.2) is 5.11 Å². The van der Waals surface area contributed by atoms with Crippen LogP contribution in [0.3, 0.4) is 0 Å². The first kappa shape index (κ1) is 10.3. The van der Waals surface area contributed by atoms with Gasteiger partial charge < -0.3 is 5.11 Å². The monoisotopic (exact) mass is 254 g/mol. The van der Waals surface area contributed by atoms with Gasteiger partial charge in [-0.05, 0) is 0 Å². The van der Waals surface area contributed by atoms with E-state index in [1.807, 2.05) is 0 Å². The number of aliphatic hydroxyl groups is 1. The molecular weight excluding hydrogens is 241 g/mol. The van der Waals surface area contributed by atoms with Crippen LogP contribution < -0.4 is 0 Å². The molecule has 0 unspecified atom stereocenters. The Morgan fingerprint density at radius 3 is 2.00 bits per heavy atom. The third-order valence-electron chi connectivity index (χ3n) is 1.86. The summed E-state index contributed by atoms with van der Waals surface area (Å²) in [6.07, 6.45) is 6.39. The summed E-state index contributed by atoms with van der Waals surface area (Å²) >= 11 is 0. The molecule has 0 aromatic rings. The smallest absolute Gasteiger partial charge is 0 e. The van der Waals surface area contributed by atoms with Gasteiger partial charge in [-0.15, -0.1) is 5.92 Å². The first-order valence-electron chi connectivity index (χ1n) is 3.41. The topological polar surface area (TPSA) is 20.2 Å². The van der Waals surface area contributed by atoms with Crippen molar-refractivity contribution in [3.63, 3.8) is 0 Å². The van der Waals surface area contributed by atoms with Gasteiger partial charge in [0.2, 0.25) is 0 Å². The van der Waals surface area contributed by atoms with Gasteiger partial charge in [0.1, 0.15) is 0 Å². The van der Waals surface area contributed by atoms with Crippen LogP contribution in [0.15, 0.2) is 0 Å².